The third-order valence-corrected chi connectivity index (χ3v) is 8.04. The maximum absolute atomic E-state index is 14.7. The number of aliphatic hydroxyl groups is 1. The summed E-state index contributed by atoms with van der Waals surface area (Å²) in [5, 5.41) is 19.9. The van der Waals surface area contributed by atoms with Crippen LogP contribution in [0, 0.1) is 17.6 Å². The number of nitrogens with zero attached hydrogens (tertiary/aromatic N) is 3. The van der Waals surface area contributed by atoms with E-state index >= 15 is 0 Å². The summed E-state index contributed by atoms with van der Waals surface area (Å²) >= 11 is 0. The van der Waals surface area contributed by atoms with Crippen LogP contribution in [0.4, 0.5) is 14.5 Å². The van der Waals surface area contributed by atoms with Gasteiger partial charge in [0, 0.05) is 36.1 Å². The maximum Gasteiger partial charge on any atom is 0.270 e. The number of hydrogen-bond donors (Lipinski definition) is 2. The fourth-order valence-electron chi connectivity index (χ4n) is 6.07. The van der Waals surface area contributed by atoms with E-state index in [2.05, 4.69) is 10.4 Å². The Kier molecular flexibility index (Phi) is 6.18. The second kappa shape index (κ2) is 9.57. The van der Waals surface area contributed by atoms with Crippen LogP contribution in [0.1, 0.15) is 47.3 Å². The molecule has 2 amide bonds. The lowest BCUT2D eigenvalue weighted by Crippen LogP contribution is -2.45. The molecule has 200 valence electrons. The molecule has 2 heterocycles. The van der Waals surface area contributed by atoms with E-state index in [9.17, 15) is 23.5 Å². The highest BCUT2D eigenvalue weighted by molar-refractivity contribution is 6.09. The molecular formula is C30H28F2N4O3. The molecule has 6 rings (SSSR count). The normalized spacial score (nSPS) is 22.8. The molecule has 2 aliphatic rings. The summed E-state index contributed by atoms with van der Waals surface area (Å²) in [6, 6.07) is 17.0. The van der Waals surface area contributed by atoms with Gasteiger partial charge in [0.2, 0.25) is 0 Å². The summed E-state index contributed by atoms with van der Waals surface area (Å²) in [5.74, 6) is -2.32. The van der Waals surface area contributed by atoms with Gasteiger partial charge in [-0.15, -0.1) is 0 Å². The fraction of sp³-hybridized carbons (Fsp3) is 0.300. The van der Waals surface area contributed by atoms with Gasteiger partial charge in [0.15, 0.2) is 5.60 Å². The van der Waals surface area contributed by atoms with Crippen LogP contribution in [0.25, 0.3) is 10.9 Å². The van der Waals surface area contributed by atoms with E-state index in [1.807, 2.05) is 24.3 Å². The van der Waals surface area contributed by atoms with Crippen LogP contribution in [0.5, 0.6) is 0 Å². The number of aryl methyl sites for hydroxylation is 1. The van der Waals surface area contributed by atoms with Gasteiger partial charge in [-0.2, -0.15) is 5.10 Å². The summed E-state index contributed by atoms with van der Waals surface area (Å²) in [4.78, 5) is 28.2. The van der Waals surface area contributed by atoms with Crippen LogP contribution < -0.4 is 10.2 Å². The summed E-state index contributed by atoms with van der Waals surface area (Å²) in [6.45, 7) is 0.335. The van der Waals surface area contributed by atoms with Gasteiger partial charge in [-0.05, 0) is 61.9 Å². The number of nitrogens with one attached hydrogen (secondary N) is 1. The zero-order valence-corrected chi connectivity index (χ0v) is 21.4. The number of para-hydroxylation sites is 1. The first-order valence-corrected chi connectivity index (χ1v) is 13.1. The van der Waals surface area contributed by atoms with Crippen molar-refractivity contribution in [2.75, 3.05) is 11.4 Å². The van der Waals surface area contributed by atoms with Crippen molar-refractivity contribution < 1.29 is 23.5 Å². The van der Waals surface area contributed by atoms with E-state index in [0.29, 0.717) is 17.9 Å². The molecule has 1 saturated carbocycles. The second-order valence-electron chi connectivity index (χ2n) is 10.4. The molecule has 0 bridgehead atoms. The Morgan fingerprint density at radius 2 is 1.74 bits per heavy atom. The third kappa shape index (κ3) is 4.17. The zero-order valence-electron chi connectivity index (χ0n) is 21.4. The predicted octanol–water partition coefficient (Wildman–Crippen LogP) is 4.42. The Hall–Kier alpha value is -4.11. The number of hydrogen-bond acceptors (Lipinski definition) is 4. The monoisotopic (exact) mass is 530 g/mol. The standard InChI is InChI=1S/C30H28F2N4O3/c1-35-27(21-6-2-4-8-25(21)34-35)28(37)33-20-13-10-18(11-14-20)17-36-26-9-5-3-7-22(26)30(39,29(36)38)23-16-19(31)12-15-24(23)32/h2-9,12,15-16,18,20,39H,10-11,13-14,17H2,1H3,(H,33,37). The van der Waals surface area contributed by atoms with Gasteiger partial charge in [-0.25, -0.2) is 8.78 Å². The van der Waals surface area contributed by atoms with Gasteiger partial charge >= 0.3 is 0 Å². The topological polar surface area (TPSA) is 87.5 Å². The number of fused-ring (bicyclic) bond motifs is 2. The first-order chi connectivity index (χ1) is 18.8. The van der Waals surface area contributed by atoms with E-state index in [1.165, 1.54) is 4.90 Å². The first kappa shape index (κ1) is 25.2. The van der Waals surface area contributed by atoms with Crippen molar-refractivity contribution in [1.29, 1.82) is 0 Å². The molecule has 4 aromatic rings. The SMILES string of the molecule is Cn1nc2ccccc2c1C(=O)NC1CCC(CN2C(=O)C(O)(c3cc(F)ccc3F)c3ccccc32)CC1. The number of carbonyl (C=O) groups excluding carboxylic acids is 2. The Balaban J connectivity index is 1.16. The van der Waals surface area contributed by atoms with Crippen molar-refractivity contribution >= 4 is 28.4 Å². The lowest BCUT2D eigenvalue weighted by Gasteiger charge is -2.32. The molecule has 39 heavy (non-hydrogen) atoms. The Labute approximate surface area is 224 Å². The highest BCUT2D eigenvalue weighted by Crippen LogP contribution is 2.46. The number of benzene rings is 3. The van der Waals surface area contributed by atoms with Crippen LogP contribution in [0.3, 0.4) is 0 Å². The molecule has 1 aromatic heterocycles. The van der Waals surface area contributed by atoms with E-state index in [1.54, 1.807) is 36.0 Å². The van der Waals surface area contributed by atoms with Crippen molar-refractivity contribution in [1.82, 2.24) is 15.1 Å². The largest absolute Gasteiger partial charge is 0.372 e. The Bertz CT molecular complexity index is 1590. The first-order valence-electron chi connectivity index (χ1n) is 13.1. The minimum Gasteiger partial charge on any atom is -0.372 e. The maximum atomic E-state index is 14.7. The van der Waals surface area contributed by atoms with Crippen LogP contribution in [0.2, 0.25) is 0 Å². The highest BCUT2D eigenvalue weighted by atomic mass is 19.1. The number of rotatable bonds is 5. The van der Waals surface area contributed by atoms with Crippen molar-refractivity contribution in [3.8, 4) is 0 Å². The van der Waals surface area contributed by atoms with Gasteiger partial charge in [-0.3, -0.25) is 14.3 Å². The molecular weight excluding hydrogens is 502 g/mol. The van der Waals surface area contributed by atoms with Crippen LogP contribution in [0.15, 0.2) is 66.7 Å². The number of halogens is 2. The number of amides is 2. The summed E-state index contributed by atoms with van der Waals surface area (Å²) < 4.78 is 30.4. The molecule has 1 unspecified atom stereocenters. The van der Waals surface area contributed by atoms with Crippen molar-refractivity contribution in [2.24, 2.45) is 13.0 Å². The van der Waals surface area contributed by atoms with Gasteiger partial charge < -0.3 is 15.3 Å². The van der Waals surface area contributed by atoms with Crippen LogP contribution in [-0.2, 0) is 17.4 Å². The van der Waals surface area contributed by atoms with Crippen LogP contribution in [-0.4, -0.2) is 39.3 Å². The number of anilines is 1. The molecule has 9 heteroatoms. The quantitative estimate of drug-likeness (QED) is 0.400. The summed E-state index contributed by atoms with van der Waals surface area (Å²) in [6.07, 6.45) is 2.99. The molecule has 1 aliphatic heterocycles. The van der Waals surface area contributed by atoms with E-state index in [4.69, 9.17) is 0 Å². The molecule has 7 nitrogen and oxygen atoms in total. The Morgan fingerprint density at radius 1 is 1.03 bits per heavy atom. The van der Waals surface area contributed by atoms with E-state index in [0.717, 1.165) is 54.8 Å². The minimum atomic E-state index is -2.31. The van der Waals surface area contributed by atoms with Crippen molar-refractivity contribution in [3.63, 3.8) is 0 Å². The molecule has 0 spiro atoms. The van der Waals surface area contributed by atoms with E-state index in [-0.39, 0.29) is 23.4 Å². The molecule has 1 atom stereocenters. The minimum absolute atomic E-state index is 0.0118. The van der Waals surface area contributed by atoms with Gasteiger partial charge in [0.05, 0.1) is 11.2 Å². The van der Waals surface area contributed by atoms with Crippen LogP contribution >= 0.6 is 0 Å². The van der Waals surface area contributed by atoms with Crippen molar-refractivity contribution in [3.05, 3.63) is 95.2 Å². The molecule has 0 radical (unpaired) electrons. The lowest BCUT2D eigenvalue weighted by molar-refractivity contribution is -0.132. The molecule has 3 aromatic carbocycles. The summed E-state index contributed by atoms with van der Waals surface area (Å²) in [7, 11) is 1.76. The number of aromatic nitrogens is 2. The Morgan fingerprint density at radius 3 is 2.54 bits per heavy atom. The van der Waals surface area contributed by atoms with Gasteiger partial charge in [0.25, 0.3) is 11.8 Å². The molecule has 2 N–H and O–H groups in total. The predicted molar refractivity (Wildman–Crippen MR) is 142 cm³/mol. The fourth-order valence-corrected chi connectivity index (χ4v) is 6.07. The average molecular weight is 531 g/mol. The van der Waals surface area contributed by atoms with Crippen molar-refractivity contribution in [2.45, 2.75) is 37.3 Å². The molecule has 0 saturated heterocycles. The second-order valence-corrected chi connectivity index (χ2v) is 10.4. The highest BCUT2D eigenvalue weighted by Gasteiger charge is 2.52. The average Bonchev–Trinajstić information content (AvgIpc) is 3.38. The smallest absolute Gasteiger partial charge is 0.270 e. The van der Waals surface area contributed by atoms with Gasteiger partial charge in [-0.1, -0.05) is 36.4 Å². The van der Waals surface area contributed by atoms with E-state index < -0.39 is 28.7 Å². The van der Waals surface area contributed by atoms with Gasteiger partial charge in [0.1, 0.15) is 17.3 Å². The lowest BCUT2D eigenvalue weighted by atomic mass is 9.85. The molecule has 1 fully saturated rings. The molecule has 1 aliphatic carbocycles. The third-order valence-electron chi connectivity index (χ3n) is 8.04. The zero-order chi connectivity index (χ0) is 27.3. The number of carbonyl (C=O) groups is 2. The summed E-state index contributed by atoms with van der Waals surface area (Å²) in [5.41, 5.74) is -0.675.